The van der Waals surface area contributed by atoms with Crippen LogP contribution in [0.3, 0.4) is 0 Å². The number of halogens is 6. The minimum Gasteiger partial charge on any atom is -0.508 e. The fourth-order valence-corrected chi connectivity index (χ4v) is 16.5. The number of phenolic OH excluding ortho intramolecular Hbond substituents is 2. The third-order valence-electron chi connectivity index (χ3n) is 16.2. The normalized spacial score (nSPS) is 11.7. The summed E-state index contributed by atoms with van der Waals surface area (Å²) in [5, 5.41) is 26.8. The molecule has 25 nitrogen and oxygen atoms in total. The third kappa shape index (κ3) is 15.4. The van der Waals surface area contributed by atoms with Gasteiger partial charge in [0, 0.05) is 131 Å². The van der Waals surface area contributed by atoms with Gasteiger partial charge in [-0.1, -0.05) is 14.9 Å². The van der Waals surface area contributed by atoms with E-state index in [2.05, 4.69) is 33.6 Å². The number of anilines is 1. The fraction of sp³-hybridized carbons (Fsp3) is 0.123. The van der Waals surface area contributed by atoms with E-state index in [-0.39, 0.29) is 74.4 Å². The zero-order valence-corrected chi connectivity index (χ0v) is 60.2. The molecular weight excluding hydrogens is 1570 g/mol. The number of fused-ring (bicyclic) bond motifs is 12. The topological polar surface area (TPSA) is 326 Å². The van der Waals surface area contributed by atoms with E-state index >= 15 is 0 Å². The zero-order valence-electron chi connectivity index (χ0n) is 55.3. The van der Waals surface area contributed by atoms with E-state index in [1.54, 1.807) is 110 Å². The summed E-state index contributed by atoms with van der Waals surface area (Å²) in [6.45, 7) is 1.27. The van der Waals surface area contributed by atoms with E-state index in [4.69, 9.17) is 14.2 Å². The molecule has 4 N–H and O–H groups in total. The number of thiophene rings is 4. The Morgan fingerprint density at radius 3 is 1.25 bits per heavy atom. The molecule has 16 rings (SSSR count). The maximum absolute atomic E-state index is 13.0. The monoisotopic (exact) mass is 1620 g/mol. The van der Waals surface area contributed by atoms with Gasteiger partial charge in [-0.25, -0.2) is 15.0 Å². The van der Waals surface area contributed by atoms with Gasteiger partial charge in [-0.2, -0.15) is 43.2 Å². The quantitative estimate of drug-likeness (QED) is 0.0340. The molecule has 0 aliphatic heterocycles. The molecule has 568 valence electrons. The smallest absolute Gasteiger partial charge is 0.508 e. The summed E-state index contributed by atoms with van der Waals surface area (Å²) in [5.74, 6) is 0.416. The Morgan fingerprint density at radius 2 is 0.818 bits per heavy atom. The molecular formula is C73H57F6N9O16S6. The molecule has 12 heterocycles. The van der Waals surface area contributed by atoms with Gasteiger partial charge in [-0.05, 0) is 133 Å². The maximum atomic E-state index is 13.0. The van der Waals surface area contributed by atoms with Gasteiger partial charge >= 0.3 is 31.3 Å². The van der Waals surface area contributed by atoms with Gasteiger partial charge in [0.1, 0.15) is 66.9 Å². The minimum absolute atomic E-state index is 0. The van der Waals surface area contributed by atoms with Gasteiger partial charge in [-0.15, -0.1) is 45.3 Å². The van der Waals surface area contributed by atoms with Crippen molar-refractivity contribution in [2.75, 3.05) is 39.8 Å². The van der Waals surface area contributed by atoms with E-state index in [1.807, 2.05) is 48.5 Å². The fourth-order valence-electron chi connectivity index (χ4n) is 11.2. The summed E-state index contributed by atoms with van der Waals surface area (Å²) in [6, 6.07) is 37.2. The highest BCUT2D eigenvalue weighted by Gasteiger charge is 2.49. The lowest BCUT2D eigenvalue weighted by Crippen LogP contribution is -2.28. The van der Waals surface area contributed by atoms with Gasteiger partial charge in [0.25, 0.3) is 22.2 Å². The van der Waals surface area contributed by atoms with Crippen molar-refractivity contribution in [3.63, 3.8) is 0 Å². The molecule has 0 bridgehead atoms. The SMILES string of the molecule is C.C.COCCNc1ccnc2sc3c(=O)n(-c4ccc(O)cc4)ccc3c12.COc1ccc(-n2ccc3c(sc4nccc(OC)c43)c2=O)cc1.O=c1c2sc3nccc(OS(=O)(=O)C(F)(F)F)c3c2ccn1-c1ccc(OS(=O)(=O)C(F)(F)F)cc1.O=c1cc[nH]c2sc3c(=O)n(-c4ccc(O)cc4)ccc3c12. The number of H-pyrrole nitrogens is 1. The first kappa shape index (κ1) is 79.1. The lowest BCUT2D eigenvalue weighted by atomic mass is 10.2. The summed E-state index contributed by atoms with van der Waals surface area (Å²) in [5.41, 5.74) is -9.36. The number of alkyl halides is 6. The zero-order chi connectivity index (χ0) is 76.7. The lowest BCUT2D eigenvalue weighted by molar-refractivity contribution is -0.0504. The van der Waals surface area contributed by atoms with E-state index in [0.29, 0.717) is 54.2 Å². The number of ether oxygens (including phenoxy) is 3. The third-order valence-corrected chi connectivity index (χ3v) is 22.6. The predicted octanol–water partition coefficient (Wildman–Crippen LogP) is 14.9. The van der Waals surface area contributed by atoms with Crippen molar-refractivity contribution in [3.05, 3.63) is 247 Å². The summed E-state index contributed by atoms with van der Waals surface area (Å²) in [4.78, 5) is 81.7. The van der Waals surface area contributed by atoms with E-state index in [0.717, 1.165) is 113 Å². The number of nitrogens with one attached hydrogen (secondary N) is 2. The molecule has 0 saturated heterocycles. The Morgan fingerprint density at radius 1 is 0.445 bits per heavy atom. The molecule has 16 aromatic rings. The average Bonchev–Trinajstić information content (AvgIpc) is 1.62. The highest BCUT2D eigenvalue weighted by atomic mass is 32.2. The summed E-state index contributed by atoms with van der Waals surface area (Å²) < 4.78 is 152. The van der Waals surface area contributed by atoms with Crippen molar-refractivity contribution in [2.24, 2.45) is 0 Å². The van der Waals surface area contributed by atoms with Crippen molar-refractivity contribution in [3.8, 4) is 57.2 Å². The molecule has 0 spiro atoms. The second-order valence-electron chi connectivity index (χ2n) is 22.7. The molecule has 4 aromatic carbocycles. The molecule has 0 saturated carbocycles. The van der Waals surface area contributed by atoms with Crippen LogP contribution in [0, 0.1) is 0 Å². The van der Waals surface area contributed by atoms with E-state index in [1.165, 1.54) is 62.8 Å². The number of aromatic hydroxyl groups is 2. The number of methoxy groups -OCH3 is 3. The van der Waals surface area contributed by atoms with E-state index < -0.39 is 48.3 Å². The van der Waals surface area contributed by atoms with Crippen LogP contribution in [0.5, 0.6) is 34.5 Å². The summed E-state index contributed by atoms with van der Waals surface area (Å²) in [6.07, 6.45) is 12.4. The van der Waals surface area contributed by atoms with Crippen LogP contribution in [-0.4, -0.2) is 111 Å². The number of phenols is 2. The molecule has 0 amide bonds. The first-order valence-corrected chi connectivity index (χ1v) is 37.2. The number of hydrogen-bond acceptors (Lipinski definition) is 24. The van der Waals surface area contributed by atoms with E-state index in [9.17, 15) is 77.4 Å². The van der Waals surface area contributed by atoms with Crippen LogP contribution >= 0.6 is 45.3 Å². The van der Waals surface area contributed by atoms with Gasteiger partial charge in [0.05, 0.1) is 37.0 Å². The highest BCUT2D eigenvalue weighted by molar-refractivity contribution is 7.88. The Bertz CT molecular complexity index is 6720. The standard InChI is InChI=1S/C19H17N3O3S.C18H8F6N2O7S3.C18H14N2O3S.C16H10N2O3S.2CH4/c1-25-11-9-20-15-6-8-21-18-16(15)14-7-10-22(19(24)17(14)26-18)12-2-4-13(23)5-3-12;19-17(20,21)35(28,29)32-10-3-1-9(2-4-10)26-8-6-11-13-12(33-36(30,31)18(22,23)24)5-7-25-15(13)34-14(11)16(26)27;1-22-12-5-3-11(4-6-12)20-10-8-13-15-14(23-2)7-9-19-17(15)24-16(13)18(20)21;19-10-3-1-9(2-4-10)18-8-6-11-13-12(20)5-7-17-15(13)22-14(11)16(18)21;;/h2-8,10,23H,9,11H2,1H3,(H,20,21);1-8H;3-10H,1-2H3;1-8,19H,(H,17,20);2*1H4. The van der Waals surface area contributed by atoms with Crippen LogP contribution in [0.15, 0.2) is 219 Å². The second kappa shape index (κ2) is 31.7. The number of nitrogens with zero attached hydrogens (tertiary/aromatic N) is 7. The van der Waals surface area contributed by atoms with Crippen molar-refractivity contribution in [1.29, 1.82) is 0 Å². The Kier molecular flexibility index (Phi) is 22.8. The first-order valence-electron chi connectivity index (χ1n) is 31.1. The number of benzene rings is 4. The molecule has 110 heavy (non-hydrogen) atoms. The van der Waals surface area contributed by atoms with Crippen molar-refractivity contribution in [1.82, 2.24) is 38.2 Å². The average molecular weight is 1620 g/mol. The summed E-state index contributed by atoms with van der Waals surface area (Å²) in [7, 11) is -7.01. The predicted molar refractivity (Wildman–Crippen MR) is 415 cm³/mol. The van der Waals surface area contributed by atoms with Crippen LogP contribution in [0.1, 0.15) is 14.9 Å². The molecule has 0 radical (unpaired) electrons. The number of aromatic nitrogens is 8. The largest absolute Gasteiger partial charge is 0.534 e. The summed E-state index contributed by atoms with van der Waals surface area (Å²) >= 11 is 4.78. The second-order valence-corrected chi connectivity index (χ2v) is 29.8. The van der Waals surface area contributed by atoms with Crippen molar-refractivity contribution < 1.29 is 76.0 Å². The Balaban J connectivity index is 0.000000147. The van der Waals surface area contributed by atoms with Crippen LogP contribution in [0.2, 0.25) is 0 Å². The van der Waals surface area contributed by atoms with Crippen LogP contribution in [0.25, 0.3) is 104 Å². The Hall–Kier alpha value is -12.0. The Labute approximate surface area is 632 Å². The molecule has 0 fully saturated rings. The maximum Gasteiger partial charge on any atom is 0.534 e. The molecule has 37 heteroatoms. The minimum atomic E-state index is -6.01. The van der Waals surface area contributed by atoms with Crippen molar-refractivity contribution >= 4 is 152 Å². The van der Waals surface area contributed by atoms with Gasteiger partial charge in [0.15, 0.2) is 11.2 Å². The van der Waals surface area contributed by atoms with Crippen molar-refractivity contribution in [2.45, 2.75) is 25.9 Å². The number of aromatic amines is 1. The highest BCUT2D eigenvalue weighted by Crippen LogP contribution is 2.41. The lowest BCUT2D eigenvalue weighted by Gasteiger charge is -2.11. The molecule has 0 unspecified atom stereocenters. The molecule has 0 atom stereocenters. The number of pyridine rings is 8. The van der Waals surface area contributed by atoms with Crippen LogP contribution < -0.4 is 50.8 Å². The van der Waals surface area contributed by atoms with Crippen LogP contribution in [-0.2, 0) is 25.0 Å². The van der Waals surface area contributed by atoms with Gasteiger partial charge in [-0.3, -0.25) is 42.2 Å². The molecule has 0 aliphatic rings. The first-order chi connectivity index (χ1) is 51.6. The molecule has 12 aromatic heterocycles. The number of rotatable bonds is 14. The van der Waals surface area contributed by atoms with Gasteiger partial charge < -0.3 is 43.1 Å². The number of hydrogen-bond donors (Lipinski definition) is 4. The molecule has 0 aliphatic carbocycles. The van der Waals surface area contributed by atoms with Gasteiger partial charge in [0.2, 0.25) is 0 Å². The van der Waals surface area contributed by atoms with Crippen LogP contribution in [0.4, 0.5) is 32.0 Å².